The molecule has 96 valence electrons. The molecule has 17 heavy (non-hydrogen) atoms. The summed E-state index contributed by atoms with van der Waals surface area (Å²) >= 11 is 0. The molecular weight excluding hydrogens is 230 g/mol. The van der Waals surface area contributed by atoms with Gasteiger partial charge < -0.3 is 14.6 Å². The first-order chi connectivity index (χ1) is 8.11. The number of benzene rings is 1. The van der Waals surface area contributed by atoms with Crippen molar-refractivity contribution in [1.82, 2.24) is 0 Å². The molecule has 1 atom stereocenters. The Bertz CT molecular complexity index is 331. The van der Waals surface area contributed by atoms with E-state index >= 15 is 0 Å². The zero-order valence-corrected chi connectivity index (χ0v) is 9.82. The second-order valence-corrected chi connectivity index (χ2v) is 3.36. The summed E-state index contributed by atoms with van der Waals surface area (Å²) in [5.41, 5.74) is -0.431. The summed E-state index contributed by atoms with van der Waals surface area (Å²) in [7, 11) is 0. The van der Waals surface area contributed by atoms with Gasteiger partial charge in [-0.3, -0.25) is 0 Å². The molecule has 0 aliphatic rings. The Hall–Kier alpha value is -1.04. The van der Waals surface area contributed by atoms with Crippen LogP contribution in [0.15, 0.2) is 18.2 Å². The lowest BCUT2D eigenvalue weighted by Crippen LogP contribution is -2.27. The van der Waals surface area contributed by atoms with E-state index in [9.17, 15) is 13.9 Å². The van der Waals surface area contributed by atoms with Crippen LogP contribution in [-0.2, 0) is 9.47 Å². The Morgan fingerprint density at radius 3 is 2.00 bits per heavy atom. The van der Waals surface area contributed by atoms with Crippen molar-refractivity contribution in [2.45, 2.75) is 26.2 Å². The lowest BCUT2D eigenvalue weighted by Gasteiger charge is -2.23. The fraction of sp³-hybridized carbons (Fsp3) is 0.500. The van der Waals surface area contributed by atoms with Crippen molar-refractivity contribution >= 4 is 0 Å². The van der Waals surface area contributed by atoms with Gasteiger partial charge in [0.15, 0.2) is 6.29 Å². The van der Waals surface area contributed by atoms with Crippen molar-refractivity contribution in [3.8, 4) is 0 Å². The highest BCUT2D eigenvalue weighted by molar-refractivity contribution is 5.22. The second kappa shape index (κ2) is 6.64. The molecule has 1 aromatic carbocycles. The Labute approximate surface area is 99.0 Å². The van der Waals surface area contributed by atoms with Crippen molar-refractivity contribution in [2.75, 3.05) is 13.2 Å². The zero-order valence-electron chi connectivity index (χ0n) is 9.82. The SMILES string of the molecule is CCOC(OCC)C(O)c1c(F)cccc1F. The van der Waals surface area contributed by atoms with Gasteiger partial charge in [-0.2, -0.15) is 0 Å². The average Bonchev–Trinajstić information content (AvgIpc) is 2.28. The van der Waals surface area contributed by atoms with E-state index in [1.54, 1.807) is 13.8 Å². The molecule has 0 saturated heterocycles. The van der Waals surface area contributed by atoms with Crippen molar-refractivity contribution < 1.29 is 23.4 Å². The van der Waals surface area contributed by atoms with Crippen molar-refractivity contribution in [3.05, 3.63) is 35.4 Å². The minimum Gasteiger partial charge on any atom is -0.383 e. The van der Waals surface area contributed by atoms with Crippen molar-refractivity contribution in [3.63, 3.8) is 0 Å². The molecule has 1 unspecified atom stereocenters. The van der Waals surface area contributed by atoms with Gasteiger partial charge in [-0.15, -0.1) is 0 Å². The first kappa shape index (κ1) is 14.0. The predicted octanol–water partition coefficient (Wildman–Crippen LogP) is 2.40. The highest BCUT2D eigenvalue weighted by Crippen LogP contribution is 2.25. The molecule has 5 heteroatoms. The summed E-state index contributed by atoms with van der Waals surface area (Å²) in [5, 5.41) is 9.87. The first-order valence-corrected chi connectivity index (χ1v) is 5.47. The number of hydrogen-bond acceptors (Lipinski definition) is 3. The third-order valence-corrected chi connectivity index (χ3v) is 2.22. The van der Waals surface area contributed by atoms with Crippen LogP contribution in [0.1, 0.15) is 25.5 Å². The molecule has 3 nitrogen and oxygen atoms in total. The number of hydrogen-bond donors (Lipinski definition) is 1. The molecule has 0 amide bonds. The molecule has 0 aromatic heterocycles. The molecule has 0 bridgehead atoms. The van der Waals surface area contributed by atoms with E-state index in [1.165, 1.54) is 6.07 Å². The van der Waals surface area contributed by atoms with Crippen molar-refractivity contribution in [1.29, 1.82) is 0 Å². The Balaban J connectivity index is 2.95. The Kier molecular flexibility index (Phi) is 5.47. The van der Waals surface area contributed by atoms with Gasteiger partial charge in [0, 0.05) is 13.2 Å². The van der Waals surface area contributed by atoms with E-state index in [1.807, 2.05) is 0 Å². The number of aliphatic hydroxyl groups excluding tert-OH is 1. The summed E-state index contributed by atoms with van der Waals surface area (Å²) in [6, 6.07) is 3.39. The molecule has 0 radical (unpaired) electrons. The zero-order chi connectivity index (χ0) is 12.8. The quantitative estimate of drug-likeness (QED) is 0.783. The summed E-state index contributed by atoms with van der Waals surface area (Å²) in [6.07, 6.45) is -2.56. The third kappa shape index (κ3) is 3.46. The molecule has 0 saturated carbocycles. The van der Waals surface area contributed by atoms with E-state index in [-0.39, 0.29) is 13.2 Å². The van der Waals surface area contributed by atoms with Crippen LogP contribution in [0.5, 0.6) is 0 Å². The smallest absolute Gasteiger partial charge is 0.187 e. The Morgan fingerprint density at radius 2 is 1.59 bits per heavy atom. The molecule has 0 spiro atoms. The summed E-state index contributed by atoms with van der Waals surface area (Å²) < 4.78 is 37.1. The number of aliphatic hydroxyl groups is 1. The topological polar surface area (TPSA) is 38.7 Å². The maximum absolute atomic E-state index is 13.4. The molecule has 0 heterocycles. The summed E-state index contributed by atoms with van der Waals surface area (Å²) in [4.78, 5) is 0. The summed E-state index contributed by atoms with van der Waals surface area (Å²) in [5.74, 6) is -1.64. The lowest BCUT2D eigenvalue weighted by molar-refractivity contribution is -0.192. The van der Waals surface area contributed by atoms with E-state index < -0.39 is 29.6 Å². The van der Waals surface area contributed by atoms with E-state index in [0.717, 1.165) is 12.1 Å². The van der Waals surface area contributed by atoms with Crippen LogP contribution in [-0.4, -0.2) is 24.6 Å². The fourth-order valence-electron chi connectivity index (χ4n) is 1.49. The van der Waals surface area contributed by atoms with E-state index in [2.05, 4.69) is 0 Å². The fourth-order valence-corrected chi connectivity index (χ4v) is 1.49. The highest BCUT2D eigenvalue weighted by Gasteiger charge is 2.27. The minimum atomic E-state index is -1.49. The lowest BCUT2D eigenvalue weighted by atomic mass is 10.1. The van der Waals surface area contributed by atoms with Gasteiger partial charge in [0.25, 0.3) is 0 Å². The molecule has 1 aromatic rings. The molecule has 1 N–H and O–H groups in total. The minimum absolute atomic E-state index is 0.276. The van der Waals surface area contributed by atoms with Crippen LogP contribution in [0.25, 0.3) is 0 Å². The van der Waals surface area contributed by atoms with Crippen LogP contribution in [0, 0.1) is 11.6 Å². The van der Waals surface area contributed by atoms with Crippen LogP contribution >= 0.6 is 0 Å². The highest BCUT2D eigenvalue weighted by atomic mass is 19.1. The molecule has 1 rings (SSSR count). The maximum Gasteiger partial charge on any atom is 0.187 e. The Morgan fingerprint density at radius 1 is 1.12 bits per heavy atom. The van der Waals surface area contributed by atoms with Gasteiger partial charge in [0.2, 0.25) is 0 Å². The van der Waals surface area contributed by atoms with Crippen LogP contribution in [0.3, 0.4) is 0 Å². The van der Waals surface area contributed by atoms with Crippen LogP contribution < -0.4 is 0 Å². The van der Waals surface area contributed by atoms with E-state index in [4.69, 9.17) is 9.47 Å². The average molecular weight is 246 g/mol. The van der Waals surface area contributed by atoms with Gasteiger partial charge in [0.1, 0.15) is 17.7 Å². The largest absolute Gasteiger partial charge is 0.383 e. The number of halogens is 2. The summed E-state index contributed by atoms with van der Waals surface area (Å²) in [6.45, 7) is 3.96. The van der Waals surface area contributed by atoms with Gasteiger partial charge in [-0.1, -0.05) is 6.07 Å². The van der Waals surface area contributed by atoms with Crippen LogP contribution in [0.4, 0.5) is 8.78 Å². The van der Waals surface area contributed by atoms with Crippen molar-refractivity contribution in [2.24, 2.45) is 0 Å². The standard InChI is InChI=1S/C12H16F2O3/c1-3-16-12(17-4-2)11(15)10-8(13)6-5-7-9(10)14/h5-7,11-12,15H,3-4H2,1-2H3. The number of ether oxygens (including phenoxy) is 2. The molecule has 0 fully saturated rings. The monoisotopic (exact) mass is 246 g/mol. The first-order valence-electron chi connectivity index (χ1n) is 5.47. The van der Waals surface area contributed by atoms with Gasteiger partial charge in [0.05, 0.1) is 5.56 Å². The van der Waals surface area contributed by atoms with Gasteiger partial charge in [-0.25, -0.2) is 8.78 Å². The third-order valence-electron chi connectivity index (χ3n) is 2.22. The molecule has 0 aliphatic carbocycles. The van der Waals surface area contributed by atoms with Gasteiger partial charge in [-0.05, 0) is 26.0 Å². The maximum atomic E-state index is 13.4. The van der Waals surface area contributed by atoms with Crippen LogP contribution in [0.2, 0.25) is 0 Å². The predicted molar refractivity (Wildman–Crippen MR) is 58.4 cm³/mol. The van der Waals surface area contributed by atoms with Gasteiger partial charge >= 0.3 is 0 Å². The van der Waals surface area contributed by atoms with E-state index in [0.29, 0.717) is 0 Å². The normalized spacial score (nSPS) is 13.1. The molecular formula is C12H16F2O3. The second-order valence-electron chi connectivity index (χ2n) is 3.36. The molecule has 0 aliphatic heterocycles. The number of rotatable bonds is 6.